The number of aliphatic carboxylic acids is 1. The van der Waals surface area contributed by atoms with Gasteiger partial charge >= 0.3 is 17.8 Å². The molecule has 0 radical (unpaired) electrons. The molecule has 1 amide bonds. The Labute approximate surface area is 212 Å². The van der Waals surface area contributed by atoms with Gasteiger partial charge < -0.3 is 24.7 Å². The summed E-state index contributed by atoms with van der Waals surface area (Å²) in [5.74, 6) is -1.72. The van der Waals surface area contributed by atoms with E-state index in [1.165, 1.54) is 6.92 Å². The molecule has 200 valence electrons. The third-order valence-electron chi connectivity index (χ3n) is 6.00. The van der Waals surface area contributed by atoms with Gasteiger partial charge in [0.2, 0.25) is 5.91 Å². The molecule has 1 atom stereocenters. The molecule has 1 unspecified atom stereocenters. The SMILES string of the molecule is CC(=O)NCC1(c2ccccn2)COc2c(-c3c(C)noc3C)ccc3[nH]c(=O)n1c23.O=C(O)C(F)(F)F. The van der Waals surface area contributed by atoms with Gasteiger partial charge in [0.1, 0.15) is 23.4 Å². The minimum absolute atomic E-state index is 0.116. The van der Waals surface area contributed by atoms with Crippen molar-refractivity contribution in [2.45, 2.75) is 32.5 Å². The number of benzene rings is 1. The number of amides is 1. The van der Waals surface area contributed by atoms with E-state index in [4.69, 9.17) is 19.2 Å². The van der Waals surface area contributed by atoms with Crippen LogP contribution in [0, 0.1) is 13.8 Å². The zero-order chi connectivity index (χ0) is 27.8. The number of carbonyl (C=O) groups is 2. The Morgan fingerprint density at radius 1 is 1.24 bits per heavy atom. The molecule has 0 spiro atoms. The fourth-order valence-electron chi connectivity index (χ4n) is 4.36. The van der Waals surface area contributed by atoms with Gasteiger partial charge in [0.25, 0.3) is 0 Å². The van der Waals surface area contributed by atoms with Crippen LogP contribution >= 0.6 is 0 Å². The normalized spacial score (nSPS) is 16.4. The summed E-state index contributed by atoms with van der Waals surface area (Å²) in [5, 5.41) is 14.0. The summed E-state index contributed by atoms with van der Waals surface area (Å²) < 4.78 is 45.1. The molecule has 4 aromatic rings. The lowest BCUT2D eigenvalue weighted by atomic mass is 9.92. The molecule has 0 saturated heterocycles. The van der Waals surface area contributed by atoms with Gasteiger partial charge in [-0.3, -0.25) is 14.3 Å². The van der Waals surface area contributed by atoms with Crippen LogP contribution in [-0.4, -0.2) is 56.0 Å². The van der Waals surface area contributed by atoms with Crippen molar-refractivity contribution in [3.05, 3.63) is 64.2 Å². The smallest absolute Gasteiger partial charge is 0.488 e. The Morgan fingerprint density at radius 3 is 2.50 bits per heavy atom. The highest BCUT2D eigenvalue weighted by molar-refractivity contribution is 5.92. The molecule has 1 aliphatic heterocycles. The number of hydrogen-bond acceptors (Lipinski definition) is 7. The van der Waals surface area contributed by atoms with Gasteiger partial charge in [0.05, 0.1) is 29.0 Å². The standard InChI is InChI=1S/C22H21N5O4.C2HF3O2/c1-12-18(13(2)31-26-12)15-7-8-16-19-20(15)30-11-22(10-24-14(3)28,27(19)21(29)25-16)17-6-4-5-9-23-17;3-2(4,5)1(6)7/h4-9H,10-11H2,1-3H3,(H,24,28)(H,25,29);(H,6,7). The van der Waals surface area contributed by atoms with Gasteiger partial charge in [-0.15, -0.1) is 0 Å². The minimum atomic E-state index is -5.08. The maximum absolute atomic E-state index is 13.2. The number of carboxylic acids is 1. The Balaban J connectivity index is 0.000000426. The number of H-pyrrole nitrogens is 1. The number of carbonyl (C=O) groups excluding carboxylic acids is 1. The maximum Gasteiger partial charge on any atom is 0.490 e. The number of halogens is 3. The van der Waals surface area contributed by atoms with Gasteiger partial charge in [0.15, 0.2) is 5.75 Å². The van der Waals surface area contributed by atoms with E-state index in [9.17, 15) is 22.8 Å². The number of rotatable bonds is 4. The van der Waals surface area contributed by atoms with Gasteiger partial charge in [-0.2, -0.15) is 13.2 Å². The van der Waals surface area contributed by atoms with Crippen molar-refractivity contribution in [2.75, 3.05) is 13.2 Å². The number of carboxylic acid groups (broad SMARTS) is 1. The first kappa shape index (κ1) is 26.4. The molecule has 14 heteroatoms. The second kappa shape index (κ2) is 9.68. The fraction of sp³-hybridized carbons (Fsp3) is 0.292. The molecular formula is C24H22F3N5O6. The number of pyridine rings is 1. The van der Waals surface area contributed by atoms with Crippen molar-refractivity contribution in [1.82, 2.24) is 25.0 Å². The maximum atomic E-state index is 13.2. The van der Waals surface area contributed by atoms with Gasteiger partial charge in [-0.1, -0.05) is 11.2 Å². The van der Waals surface area contributed by atoms with E-state index in [1.807, 2.05) is 38.1 Å². The second-order valence-corrected chi connectivity index (χ2v) is 8.55. The number of ether oxygens (including phenoxy) is 1. The quantitative estimate of drug-likeness (QED) is 0.362. The van der Waals surface area contributed by atoms with Crippen LogP contribution in [-0.2, 0) is 15.1 Å². The van der Waals surface area contributed by atoms with Gasteiger partial charge in [0, 0.05) is 18.7 Å². The highest BCUT2D eigenvalue weighted by Crippen LogP contribution is 2.44. The summed E-state index contributed by atoms with van der Waals surface area (Å²) in [5.41, 5.74) is 2.94. The summed E-state index contributed by atoms with van der Waals surface area (Å²) in [6, 6.07) is 9.22. The third-order valence-corrected chi connectivity index (χ3v) is 6.00. The van der Waals surface area contributed by atoms with Crippen LogP contribution in [0.25, 0.3) is 22.2 Å². The lowest BCUT2D eigenvalue weighted by Gasteiger charge is -2.38. The molecule has 3 N–H and O–H groups in total. The molecule has 0 saturated carbocycles. The molecule has 5 rings (SSSR count). The van der Waals surface area contributed by atoms with E-state index in [1.54, 1.807) is 16.8 Å². The molecule has 4 heterocycles. The topological polar surface area (TPSA) is 152 Å². The highest BCUT2D eigenvalue weighted by atomic mass is 19.4. The fourth-order valence-corrected chi connectivity index (χ4v) is 4.36. The third kappa shape index (κ3) is 4.60. The first-order valence-corrected chi connectivity index (χ1v) is 11.2. The zero-order valence-electron chi connectivity index (χ0n) is 20.3. The van der Waals surface area contributed by atoms with E-state index < -0.39 is 17.7 Å². The molecule has 0 fully saturated rings. The van der Waals surface area contributed by atoms with Crippen molar-refractivity contribution >= 4 is 22.9 Å². The number of hydrogen-bond donors (Lipinski definition) is 3. The number of nitrogens with zero attached hydrogens (tertiary/aromatic N) is 3. The number of aromatic amines is 1. The molecule has 1 aliphatic rings. The summed E-state index contributed by atoms with van der Waals surface area (Å²) in [6.07, 6.45) is -3.42. The number of nitrogens with one attached hydrogen (secondary N) is 2. The second-order valence-electron chi connectivity index (χ2n) is 8.55. The van der Waals surface area contributed by atoms with Crippen molar-refractivity contribution < 1.29 is 37.1 Å². The number of imidazole rings is 1. The molecular weight excluding hydrogens is 511 g/mol. The lowest BCUT2D eigenvalue weighted by molar-refractivity contribution is -0.192. The van der Waals surface area contributed by atoms with Crippen molar-refractivity contribution in [3.8, 4) is 16.9 Å². The van der Waals surface area contributed by atoms with Crippen LogP contribution in [0.2, 0.25) is 0 Å². The van der Waals surface area contributed by atoms with Crippen molar-refractivity contribution in [2.24, 2.45) is 0 Å². The Hall–Kier alpha value is -4.62. The van der Waals surface area contributed by atoms with Crippen molar-refractivity contribution in [3.63, 3.8) is 0 Å². The first-order valence-electron chi connectivity index (χ1n) is 11.2. The molecule has 0 aliphatic carbocycles. The molecule has 1 aromatic carbocycles. The number of aryl methyl sites for hydroxylation is 2. The highest BCUT2D eigenvalue weighted by Gasteiger charge is 2.44. The lowest BCUT2D eigenvalue weighted by Crippen LogP contribution is -2.55. The average Bonchev–Trinajstić information content (AvgIpc) is 3.38. The van der Waals surface area contributed by atoms with E-state index in [0.717, 1.165) is 16.8 Å². The summed E-state index contributed by atoms with van der Waals surface area (Å²) in [4.78, 5) is 41.3. The predicted molar refractivity (Wildman–Crippen MR) is 127 cm³/mol. The van der Waals surface area contributed by atoms with E-state index in [-0.39, 0.29) is 24.7 Å². The number of aromatic nitrogens is 4. The van der Waals surface area contributed by atoms with Crippen LogP contribution in [0.4, 0.5) is 13.2 Å². The first-order chi connectivity index (χ1) is 17.9. The molecule has 11 nitrogen and oxygen atoms in total. The van der Waals surface area contributed by atoms with Crippen LogP contribution < -0.4 is 15.7 Å². The minimum Gasteiger partial charge on any atom is -0.488 e. The largest absolute Gasteiger partial charge is 0.490 e. The number of alkyl halides is 3. The van der Waals surface area contributed by atoms with Gasteiger partial charge in [-0.05, 0) is 38.1 Å². The summed E-state index contributed by atoms with van der Waals surface area (Å²) >= 11 is 0. The average molecular weight is 533 g/mol. The van der Waals surface area contributed by atoms with Crippen LogP contribution in [0.3, 0.4) is 0 Å². The zero-order valence-corrected chi connectivity index (χ0v) is 20.3. The molecule has 38 heavy (non-hydrogen) atoms. The molecule has 3 aromatic heterocycles. The predicted octanol–water partition coefficient (Wildman–Crippen LogP) is 2.90. The van der Waals surface area contributed by atoms with Crippen LogP contribution in [0.5, 0.6) is 5.75 Å². The van der Waals surface area contributed by atoms with E-state index in [0.29, 0.717) is 28.2 Å². The monoisotopic (exact) mass is 533 g/mol. The Morgan fingerprint density at radius 2 is 1.95 bits per heavy atom. The summed E-state index contributed by atoms with van der Waals surface area (Å²) in [6.45, 7) is 5.42. The van der Waals surface area contributed by atoms with E-state index >= 15 is 0 Å². The Bertz CT molecular complexity index is 1550. The van der Waals surface area contributed by atoms with Crippen LogP contribution in [0.15, 0.2) is 45.8 Å². The Kier molecular flexibility index (Phi) is 6.74. The summed E-state index contributed by atoms with van der Waals surface area (Å²) in [7, 11) is 0. The van der Waals surface area contributed by atoms with Gasteiger partial charge in [-0.25, -0.2) is 9.59 Å². The van der Waals surface area contributed by atoms with Crippen molar-refractivity contribution in [1.29, 1.82) is 0 Å². The van der Waals surface area contributed by atoms with Crippen LogP contribution in [0.1, 0.15) is 24.1 Å². The molecule has 0 bridgehead atoms. The van der Waals surface area contributed by atoms with E-state index in [2.05, 4.69) is 20.4 Å².